The van der Waals surface area contributed by atoms with Crippen LogP contribution in [0, 0.1) is 6.92 Å². The van der Waals surface area contributed by atoms with Gasteiger partial charge in [-0.1, -0.05) is 31.0 Å². The number of imidazole rings is 1. The van der Waals surface area contributed by atoms with E-state index < -0.39 is 0 Å². The number of aryl methyl sites for hydroxylation is 1. The largest absolute Gasteiger partial charge is 0.274 e. The van der Waals surface area contributed by atoms with Crippen LogP contribution in [-0.2, 0) is 0 Å². The third-order valence-corrected chi connectivity index (χ3v) is 4.30. The second kappa shape index (κ2) is 5.23. The first-order valence-corrected chi connectivity index (χ1v) is 7.32. The Kier molecular flexibility index (Phi) is 3.43. The van der Waals surface area contributed by atoms with Crippen molar-refractivity contribution in [1.82, 2.24) is 9.55 Å². The van der Waals surface area contributed by atoms with E-state index in [0.29, 0.717) is 0 Å². The summed E-state index contributed by atoms with van der Waals surface area (Å²) >= 11 is 0. The second-order valence-electron chi connectivity index (χ2n) is 5.70. The molecule has 0 aliphatic heterocycles. The minimum atomic E-state index is -0.00299. The Morgan fingerprint density at radius 1 is 1.30 bits per heavy atom. The molecule has 3 heteroatoms. The average Bonchev–Trinajstić information content (AvgIpc) is 3.10. The molecule has 0 saturated heterocycles. The standard InChI is InChI=1S/C17H20N2O/c1-12-11-15(14-5-3-4-6-14)7-8-16(12)17-18-9-10-19(17)13(2)20/h7-11,14H,3-6H2,1-2H3. The molecular weight excluding hydrogens is 248 g/mol. The molecule has 0 bridgehead atoms. The van der Waals surface area contributed by atoms with Crippen molar-refractivity contribution in [2.75, 3.05) is 0 Å². The Morgan fingerprint density at radius 3 is 2.70 bits per heavy atom. The van der Waals surface area contributed by atoms with Gasteiger partial charge in [0, 0.05) is 24.9 Å². The molecular formula is C17H20N2O. The summed E-state index contributed by atoms with van der Waals surface area (Å²) in [6.45, 7) is 3.67. The molecule has 0 amide bonds. The summed E-state index contributed by atoms with van der Waals surface area (Å²) in [5.74, 6) is 1.46. The number of nitrogens with zero attached hydrogens (tertiary/aromatic N) is 2. The zero-order chi connectivity index (χ0) is 14.1. The summed E-state index contributed by atoms with van der Waals surface area (Å²) in [4.78, 5) is 15.9. The first-order valence-electron chi connectivity index (χ1n) is 7.32. The quantitative estimate of drug-likeness (QED) is 0.819. The van der Waals surface area contributed by atoms with Crippen molar-refractivity contribution in [2.45, 2.75) is 45.4 Å². The first kappa shape index (κ1) is 13.1. The van der Waals surface area contributed by atoms with Gasteiger partial charge in [0.05, 0.1) is 0 Å². The van der Waals surface area contributed by atoms with E-state index in [4.69, 9.17) is 0 Å². The molecule has 20 heavy (non-hydrogen) atoms. The first-order chi connectivity index (χ1) is 9.66. The normalized spacial score (nSPS) is 15.7. The van der Waals surface area contributed by atoms with Crippen molar-refractivity contribution in [3.63, 3.8) is 0 Å². The van der Waals surface area contributed by atoms with Crippen molar-refractivity contribution >= 4 is 5.91 Å². The number of hydrogen-bond donors (Lipinski definition) is 0. The lowest BCUT2D eigenvalue weighted by Gasteiger charge is -2.13. The predicted molar refractivity (Wildman–Crippen MR) is 79.9 cm³/mol. The summed E-state index contributed by atoms with van der Waals surface area (Å²) in [6.07, 6.45) is 8.71. The van der Waals surface area contributed by atoms with Gasteiger partial charge in [-0.3, -0.25) is 9.36 Å². The zero-order valence-corrected chi connectivity index (χ0v) is 12.1. The highest BCUT2D eigenvalue weighted by Gasteiger charge is 2.18. The average molecular weight is 268 g/mol. The van der Waals surface area contributed by atoms with Crippen LogP contribution in [0.3, 0.4) is 0 Å². The monoisotopic (exact) mass is 268 g/mol. The number of benzene rings is 1. The number of carbonyl (C=O) groups excluding carboxylic acids is 1. The van der Waals surface area contributed by atoms with E-state index in [0.717, 1.165) is 17.3 Å². The van der Waals surface area contributed by atoms with Gasteiger partial charge in [0.25, 0.3) is 0 Å². The van der Waals surface area contributed by atoms with Crippen LogP contribution in [0.1, 0.15) is 54.4 Å². The fourth-order valence-corrected chi connectivity index (χ4v) is 3.21. The summed E-state index contributed by atoms with van der Waals surface area (Å²) in [7, 11) is 0. The molecule has 104 valence electrons. The molecule has 0 radical (unpaired) electrons. The molecule has 1 aliphatic carbocycles. The molecule has 2 aromatic rings. The van der Waals surface area contributed by atoms with E-state index in [-0.39, 0.29) is 5.91 Å². The lowest BCUT2D eigenvalue weighted by molar-refractivity contribution is 0.0938. The number of rotatable bonds is 2. The van der Waals surface area contributed by atoms with Crippen molar-refractivity contribution in [1.29, 1.82) is 0 Å². The minimum Gasteiger partial charge on any atom is -0.274 e. The van der Waals surface area contributed by atoms with Crippen molar-refractivity contribution in [2.24, 2.45) is 0 Å². The lowest BCUT2D eigenvalue weighted by atomic mass is 9.94. The maximum atomic E-state index is 11.6. The van der Waals surface area contributed by atoms with E-state index in [1.807, 2.05) is 0 Å². The Morgan fingerprint density at radius 2 is 2.05 bits per heavy atom. The van der Waals surface area contributed by atoms with Gasteiger partial charge in [-0.15, -0.1) is 0 Å². The van der Waals surface area contributed by atoms with Crippen LogP contribution in [0.5, 0.6) is 0 Å². The molecule has 3 rings (SSSR count). The van der Waals surface area contributed by atoms with E-state index in [1.165, 1.54) is 36.8 Å². The molecule has 0 spiro atoms. The predicted octanol–water partition coefficient (Wildman–Crippen LogP) is 4.18. The van der Waals surface area contributed by atoms with Crippen LogP contribution < -0.4 is 0 Å². The molecule has 1 aromatic heterocycles. The van der Waals surface area contributed by atoms with Gasteiger partial charge in [-0.2, -0.15) is 0 Å². The molecule has 1 fully saturated rings. The van der Waals surface area contributed by atoms with Gasteiger partial charge in [0.15, 0.2) is 0 Å². The van der Waals surface area contributed by atoms with E-state index in [1.54, 1.807) is 23.9 Å². The van der Waals surface area contributed by atoms with Gasteiger partial charge in [-0.05, 0) is 36.8 Å². The molecule has 0 N–H and O–H groups in total. The van der Waals surface area contributed by atoms with Gasteiger partial charge >= 0.3 is 0 Å². The van der Waals surface area contributed by atoms with Gasteiger partial charge in [0.1, 0.15) is 5.82 Å². The molecule has 1 aliphatic rings. The molecule has 0 unspecified atom stereocenters. The summed E-state index contributed by atoms with van der Waals surface area (Å²) in [5, 5.41) is 0. The molecule has 1 heterocycles. The smallest absolute Gasteiger partial charge is 0.229 e. The van der Waals surface area contributed by atoms with Crippen LogP contribution >= 0.6 is 0 Å². The minimum absolute atomic E-state index is 0.00299. The Balaban J connectivity index is 1.98. The summed E-state index contributed by atoms with van der Waals surface area (Å²) in [6, 6.07) is 6.59. The number of carbonyl (C=O) groups is 1. The summed E-state index contributed by atoms with van der Waals surface area (Å²) in [5.41, 5.74) is 3.68. The van der Waals surface area contributed by atoms with E-state index in [2.05, 4.69) is 30.1 Å². The highest BCUT2D eigenvalue weighted by molar-refractivity contribution is 5.81. The van der Waals surface area contributed by atoms with Crippen LogP contribution in [0.25, 0.3) is 11.4 Å². The second-order valence-corrected chi connectivity index (χ2v) is 5.70. The van der Waals surface area contributed by atoms with Crippen LogP contribution in [0.2, 0.25) is 0 Å². The maximum Gasteiger partial charge on any atom is 0.229 e. The van der Waals surface area contributed by atoms with Gasteiger partial charge in [0.2, 0.25) is 5.91 Å². The highest BCUT2D eigenvalue weighted by atomic mass is 16.1. The highest BCUT2D eigenvalue weighted by Crippen LogP contribution is 2.35. The van der Waals surface area contributed by atoms with Gasteiger partial charge < -0.3 is 0 Å². The SMILES string of the molecule is CC(=O)n1ccnc1-c1ccc(C2CCCC2)cc1C. The molecule has 1 aromatic carbocycles. The molecule has 3 nitrogen and oxygen atoms in total. The fourth-order valence-electron chi connectivity index (χ4n) is 3.21. The van der Waals surface area contributed by atoms with Crippen LogP contribution in [0.4, 0.5) is 0 Å². The number of hydrogen-bond acceptors (Lipinski definition) is 2. The van der Waals surface area contributed by atoms with Crippen molar-refractivity contribution in [3.8, 4) is 11.4 Å². The van der Waals surface area contributed by atoms with Crippen LogP contribution in [0.15, 0.2) is 30.6 Å². The van der Waals surface area contributed by atoms with E-state index in [9.17, 15) is 4.79 Å². The third-order valence-electron chi connectivity index (χ3n) is 4.30. The van der Waals surface area contributed by atoms with Gasteiger partial charge in [-0.25, -0.2) is 4.98 Å². The molecule has 0 atom stereocenters. The topological polar surface area (TPSA) is 34.9 Å². The third kappa shape index (κ3) is 2.28. The zero-order valence-electron chi connectivity index (χ0n) is 12.1. The number of aromatic nitrogens is 2. The van der Waals surface area contributed by atoms with Crippen molar-refractivity contribution in [3.05, 3.63) is 41.7 Å². The maximum absolute atomic E-state index is 11.6. The Bertz CT molecular complexity index is 636. The van der Waals surface area contributed by atoms with E-state index >= 15 is 0 Å². The Hall–Kier alpha value is -1.90. The fraction of sp³-hybridized carbons (Fsp3) is 0.412. The molecule has 1 saturated carbocycles. The lowest BCUT2D eigenvalue weighted by Crippen LogP contribution is -2.07. The van der Waals surface area contributed by atoms with Crippen molar-refractivity contribution < 1.29 is 4.79 Å². The Labute approximate surface area is 119 Å². The summed E-state index contributed by atoms with van der Waals surface area (Å²) < 4.78 is 1.61. The van der Waals surface area contributed by atoms with Crippen LogP contribution in [-0.4, -0.2) is 15.5 Å².